The molecule has 1 atom stereocenters. The molecule has 1 aromatic heterocycles. The van der Waals surface area contributed by atoms with Gasteiger partial charge in [-0.2, -0.15) is 0 Å². The van der Waals surface area contributed by atoms with Gasteiger partial charge in [-0.15, -0.1) is 11.6 Å². The molecule has 4 heteroatoms. The fourth-order valence-corrected chi connectivity index (χ4v) is 0.717. The van der Waals surface area contributed by atoms with Crippen LogP contribution in [-0.4, -0.2) is 16.3 Å². The van der Waals surface area contributed by atoms with E-state index in [-0.39, 0.29) is 5.91 Å². The number of alkyl halides is 1. The summed E-state index contributed by atoms with van der Waals surface area (Å²) in [6, 6.07) is 5.28. The fraction of sp³-hybridized carbons (Fsp3) is 0.250. The number of pyridine rings is 1. The molecule has 1 aromatic rings. The second-order valence-electron chi connectivity index (χ2n) is 2.32. The van der Waals surface area contributed by atoms with Crippen molar-refractivity contribution in [2.45, 2.75) is 12.3 Å². The Morgan fingerprint density at radius 3 is 2.92 bits per heavy atom. The van der Waals surface area contributed by atoms with Gasteiger partial charge in [0.2, 0.25) is 5.91 Å². The van der Waals surface area contributed by atoms with Gasteiger partial charge in [0.15, 0.2) is 0 Å². The molecule has 1 heterocycles. The number of nitrogens with zero attached hydrogens (tertiary/aromatic N) is 1. The second kappa shape index (κ2) is 4.07. The molecule has 1 amide bonds. The number of carbonyl (C=O) groups is 1. The van der Waals surface area contributed by atoms with Gasteiger partial charge in [0, 0.05) is 6.20 Å². The number of amides is 1. The highest BCUT2D eigenvalue weighted by Gasteiger charge is 2.08. The highest BCUT2D eigenvalue weighted by molar-refractivity contribution is 6.32. The van der Waals surface area contributed by atoms with E-state index in [1.807, 2.05) is 0 Å². The molecule has 3 nitrogen and oxygen atoms in total. The van der Waals surface area contributed by atoms with Crippen LogP contribution >= 0.6 is 11.6 Å². The molecule has 0 radical (unpaired) electrons. The van der Waals surface area contributed by atoms with E-state index in [1.54, 1.807) is 31.3 Å². The molecule has 0 bridgehead atoms. The van der Waals surface area contributed by atoms with Gasteiger partial charge in [-0.3, -0.25) is 4.79 Å². The first-order valence-electron chi connectivity index (χ1n) is 3.56. The maximum absolute atomic E-state index is 11.0. The second-order valence-corrected chi connectivity index (χ2v) is 2.97. The minimum atomic E-state index is -0.535. The van der Waals surface area contributed by atoms with E-state index < -0.39 is 5.38 Å². The van der Waals surface area contributed by atoms with E-state index in [9.17, 15) is 4.79 Å². The number of hydrogen-bond acceptors (Lipinski definition) is 2. The smallest absolute Gasteiger partial charge is 0.243 e. The molecule has 0 saturated carbocycles. The summed E-state index contributed by atoms with van der Waals surface area (Å²) in [4.78, 5) is 14.9. The van der Waals surface area contributed by atoms with Gasteiger partial charge in [0.05, 0.1) is 0 Å². The largest absolute Gasteiger partial charge is 0.309 e. The van der Waals surface area contributed by atoms with Crippen LogP contribution in [0.2, 0.25) is 0 Å². The third kappa shape index (κ3) is 2.51. The van der Waals surface area contributed by atoms with Crippen molar-refractivity contribution >= 4 is 23.3 Å². The lowest BCUT2D eigenvalue weighted by Crippen LogP contribution is -2.20. The third-order valence-electron chi connectivity index (χ3n) is 1.28. The molecule has 0 fully saturated rings. The first-order valence-corrected chi connectivity index (χ1v) is 4.00. The zero-order chi connectivity index (χ0) is 8.97. The molecular formula is C8H9ClN2O. The SMILES string of the molecule is C[C@H](Cl)C(=O)Nc1ccccn1. The van der Waals surface area contributed by atoms with Crippen LogP contribution in [0, 0.1) is 0 Å². The van der Waals surface area contributed by atoms with Crippen molar-refractivity contribution in [3.63, 3.8) is 0 Å². The first-order chi connectivity index (χ1) is 5.70. The summed E-state index contributed by atoms with van der Waals surface area (Å²) in [5, 5.41) is 2.02. The number of nitrogens with one attached hydrogen (secondary N) is 1. The maximum atomic E-state index is 11.0. The Morgan fingerprint density at radius 2 is 2.42 bits per heavy atom. The van der Waals surface area contributed by atoms with Gasteiger partial charge in [-0.25, -0.2) is 4.98 Å². The molecule has 12 heavy (non-hydrogen) atoms. The lowest BCUT2D eigenvalue weighted by Gasteiger charge is -2.03. The maximum Gasteiger partial charge on any atom is 0.243 e. The zero-order valence-electron chi connectivity index (χ0n) is 6.62. The summed E-state index contributed by atoms with van der Waals surface area (Å²) >= 11 is 5.54. The lowest BCUT2D eigenvalue weighted by atomic mass is 10.4. The van der Waals surface area contributed by atoms with Crippen LogP contribution in [0.5, 0.6) is 0 Å². The van der Waals surface area contributed by atoms with E-state index >= 15 is 0 Å². The van der Waals surface area contributed by atoms with Gasteiger partial charge in [-0.1, -0.05) is 6.07 Å². The van der Waals surface area contributed by atoms with Crippen molar-refractivity contribution in [3.05, 3.63) is 24.4 Å². The lowest BCUT2D eigenvalue weighted by molar-refractivity contribution is -0.115. The van der Waals surface area contributed by atoms with Crippen LogP contribution in [0.25, 0.3) is 0 Å². The molecule has 64 valence electrons. The summed E-state index contributed by atoms with van der Waals surface area (Å²) in [7, 11) is 0. The highest BCUT2D eigenvalue weighted by atomic mass is 35.5. The zero-order valence-corrected chi connectivity index (χ0v) is 7.38. The molecule has 1 rings (SSSR count). The number of rotatable bonds is 2. The van der Waals surface area contributed by atoms with Crippen molar-refractivity contribution in [1.82, 2.24) is 4.98 Å². The molecule has 0 aromatic carbocycles. The monoisotopic (exact) mass is 184 g/mol. The molecule has 1 N–H and O–H groups in total. The minimum Gasteiger partial charge on any atom is -0.309 e. The Balaban J connectivity index is 2.59. The van der Waals surface area contributed by atoms with E-state index in [4.69, 9.17) is 11.6 Å². The number of carbonyl (C=O) groups excluding carboxylic acids is 1. The Labute approximate surface area is 75.8 Å². The van der Waals surface area contributed by atoms with Crippen molar-refractivity contribution in [2.75, 3.05) is 5.32 Å². The average Bonchev–Trinajstić information content (AvgIpc) is 2.06. The van der Waals surface area contributed by atoms with Crippen molar-refractivity contribution in [2.24, 2.45) is 0 Å². The van der Waals surface area contributed by atoms with Crippen LogP contribution in [0.4, 0.5) is 5.82 Å². The average molecular weight is 185 g/mol. The fourth-order valence-electron chi connectivity index (χ4n) is 0.662. The van der Waals surface area contributed by atoms with Crippen molar-refractivity contribution < 1.29 is 4.79 Å². The van der Waals surface area contributed by atoms with Crippen LogP contribution in [0.15, 0.2) is 24.4 Å². The predicted octanol–water partition coefficient (Wildman–Crippen LogP) is 1.65. The summed E-state index contributed by atoms with van der Waals surface area (Å²) < 4.78 is 0. The third-order valence-corrected chi connectivity index (χ3v) is 1.48. The summed E-state index contributed by atoms with van der Waals surface area (Å²) in [5.74, 6) is 0.283. The Hall–Kier alpha value is -1.09. The van der Waals surface area contributed by atoms with E-state index in [1.165, 1.54) is 0 Å². The Bertz CT molecular complexity index is 261. The molecule has 0 saturated heterocycles. The number of aromatic nitrogens is 1. The van der Waals surface area contributed by atoms with E-state index in [0.29, 0.717) is 5.82 Å². The predicted molar refractivity (Wildman–Crippen MR) is 48.2 cm³/mol. The highest BCUT2D eigenvalue weighted by Crippen LogP contribution is 2.02. The Morgan fingerprint density at radius 1 is 1.67 bits per heavy atom. The molecule has 0 aliphatic carbocycles. The van der Waals surface area contributed by atoms with Gasteiger partial charge in [-0.05, 0) is 19.1 Å². The molecule has 0 unspecified atom stereocenters. The molecule has 0 spiro atoms. The van der Waals surface area contributed by atoms with Crippen molar-refractivity contribution in [3.8, 4) is 0 Å². The number of anilines is 1. The van der Waals surface area contributed by atoms with Crippen LogP contribution in [0.3, 0.4) is 0 Å². The van der Waals surface area contributed by atoms with Gasteiger partial charge >= 0.3 is 0 Å². The number of halogens is 1. The van der Waals surface area contributed by atoms with Crippen LogP contribution < -0.4 is 5.32 Å². The van der Waals surface area contributed by atoms with Crippen LogP contribution in [-0.2, 0) is 4.79 Å². The number of hydrogen-bond donors (Lipinski definition) is 1. The molecule has 0 aliphatic heterocycles. The minimum absolute atomic E-state index is 0.240. The summed E-state index contributed by atoms with van der Waals surface area (Å²) in [6.45, 7) is 1.61. The standard InChI is InChI=1S/C8H9ClN2O/c1-6(9)8(12)11-7-4-2-3-5-10-7/h2-6H,1H3,(H,10,11,12)/t6-/m0/s1. The van der Waals surface area contributed by atoms with E-state index in [2.05, 4.69) is 10.3 Å². The first kappa shape index (κ1) is 9.00. The topological polar surface area (TPSA) is 42.0 Å². The van der Waals surface area contributed by atoms with Gasteiger partial charge in [0.1, 0.15) is 11.2 Å². The van der Waals surface area contributed by atoms with Gasteiger partial charge < -0.3 is 5.32 Å². The van der Waals surface area contributed by atoms with E-state index in [0.717, 1.165) is 0 Å². The normalized spacial score (nSPS) is 12.2. The van der Waals surface area contributed by atoms with Crippen molar-refractivity contribution in [1.29, 1.82) is 0 Å². The Kier molecular flexibility index (Phi) is 3.05. The summed E-state index contributed by atoms with van der Waals surface area (Å²) in [6.07, 6.45) is 1.61. The summed E-state index contributed by atoms with van der Waals surface area (Å²) in [5.41, 5.74) is 0. The molecular weight excluding hydrogens is 176 g/mol. The molecule has 0 aliphatic rings. The van der Waals surface area contributed by atoms with Gasteiger partial charge in [0.25, 0.3) is 0 Å². The quantitative estimate of drug-likeness (QED) is 0.711. The van der Waals surface area contributed by atoms with Crippen LogP contribution in [0.1, 0.15) is 6.92 Å².